The highest BCUT2D eigenvalue weighted by Gasteiger charge is 2.37. The summed E-state index contributed by atoms with van der Waals surface area (Å²) in [5.74, 6) is -2.38. The number of nitrogens with zero attached hydrogens (tertiary/aromatic N) is 2. The van der Waals surface area contributed by atoms with Crippen molar-refractivity contribution in [2.45, 2.75) is 31.7 Å². The van der Waals surface area contributed by atoms with Crippen LogP contribution in [0.2, 0.25) is 0 Å². The maximum absolute atomic E-state index is 12.6. The van der Waals surface area contributed by atoms with E-state index in [1.54, 1.807) is 4.90 Å². The largest absolute Gasteiger partial charge is 0.455 e. The summed E-state index contributed by atoms with van der Waals surface area (Å²) in [7, 11) is 0. The molecule has 2 N–H and O–H groups in total. The second kappa shape index (κ2) is 8.75. The quantitative estimate of drug-likeness (QED) is 0.735. The molecule has 0 saturated carbocycles. The molecule has 8 nitrogen and oxygen atoms in total. The van der Waals surface area contributed by atoms with Crippen LogP contribution in [0.5, 0.6) is 0 Å². The van der Waals surface area contributed by atoms with Crippen LogP contribution in [0.1, 0.15) is 25.7 Å². The molecule has 162 valence electrons. The van der Waals surface area contributed by atoms with Gasteiger partial charge in [0.15, 0.2) is 6.61 Å². The number of benzene rings is 2. The van der Waals surface area contributed by atoms with Crippen molar-refractivity contribution >= 4 is 40.2 Å². The Bertz CT molecular complexity index is 1030. The van der Waals surface area contributed by atoms with Crippen LogP contribution < -0.4 is 10.6 Å². The smallest absolute Gasteiger partial charge is 0.311 e. The molecular formula is C23H25N3O5. The summed E-state index contributed by atoms with van der Waals surface area (Å²) >= 11 is 0. The summed E-state index contributed by atoms with van der Waals surface area (Å²) in [6, 6.07) is 12.8. The van der Waals surface area contributed by atoms with Gasteiger partial charge in [0.05, 0.1) is 11.6 Å². The van der Waals surface area contributed by atoms with E-state index >= 15 is 0 Å². The molecule has 4 rings (SSSR count). The monoisotopic (exact) mass is 423 g/mol. The number of esters is 1. The molecule has 0 aliphatic carbocycles. The fourth-order valence-corrected chi connectivity index (χ4v) is 4.40. The average Bonchev–Trinajstić information content (AvgIpc) is 3.18. The molecule has 3 amide bonds. The lowest BCUT2D eigenvalue weighted by molar-refractivity contribution is -0.157. The molecule has 0 aromatic heterocycles. The highest BCUT2D eigenvalue weighted by molar-refractivity contribution is 6.06. The van der Waals surface area contributed by atoms with Gasteiger partial charge >= 0.3 is 5.97 Å². The number of amides is 3. The molecule has 2 unspecified atom stereocenters. The Morgan fingerprint density at radius 1 is 1.06 bits per heavy atom. The zero-order chi connectivity index (χ0) is 22.0. The van der Waals surface area contributed by atoms with Crippen LogP contribution in [0, 0.1) is 5.92 Å². The summed E-state index contributed by atoms with van der Waals surface area (Å²) in [5.41, 5.74) is 6.15. The molecule has 8 heteroatoms. The Balaban J connectivity index is 1.39. The van der Waals surface area contributed by atoms with Gasteiger partial charge in [0.2, 0.25) is 11.8 Å². The third-order valence-corrected chi connectivity index (χ3v) is 6.01. The number of carbonyl (C=O) groups excluding carboxylic acids is 4. The molecule has 0 radical (unpaired) electrons. The van der Waals surface area contributed by atoms with Gasteiger partial charge in [0, 0.05) is 24.9 Å². The fraction of sp³-hybridized carbons (Fsp3) is 0.391. The van der Waals surface area contributed by atoms with E-state index in [4.69, 9.17) is 10.5 Å². The van der Waals surface area contributed by atoms with Crippen LogP contribution >= 0.6 is 0 Å². The Hall–Kier alpha value is -3.42. The van der Waals surface area contributed by atoms with Gasteiger partial charge in [-0.2, -0.15) is 0 Å². The lowest BCUT2D eigenvalue weighted by atomic mass is 10.0. The van der Waals surface area contributed by atoms with Crippen molar-refractivity contribution < 1.29 is 23.9 Å². The van der Waals surface area contributed by atoms with Crippen molar-refractivity contribution in [1.29, 1.82) is 0 Å². The molecular weight excluding hydrogens is 398 g/mol. The molecule has 2 atom stereocenters. The number of hydrogen-bond acceptors (Lipinski definition) is 5. The van der Waals surface area contributed by atoms with E-state index in [-0.39, 0.29) is 18.9 Å². The Labute approximate surface area is 179 Å². The second-order valence-corrected chi connectivity index (χ2v) is 8.01. The molecule has 2 aliphatic heterocycles. The SMILES string of the molecule is NC(=O)C1CCCCN1C(=O)COC(=O)C1CC(=O)N(c2cccc3ccccc23)C1. The number of anilines is 1. The topological polar surface area (TPSA) is 110 Å². The molecule has 2 saturated heterocycles. The first-order valence-electron chi connectivity index (χ1n) is 10.5. The maximum atomic E-state index is 12.6. The van der Waals surface area contributed by atoms with Crippen molar-refractivity contribution in [3.05, 3.63) is 42.5 Å². The summed E-state index contributed by atoms with van der Waals surface area (Å²) in [4.78, 5) is 52.3. The standard InChI is InChI=1S/C23H25N3O5/c24-22(29)19-9-3-4-11-25(19)21(28)14-31-23(30)16-12-20(27)26(13-16)18-10-5-7-15-6-1-2-8-17(15)18/h1-2,5-8,10,16,19H,3-4,9,11-14H2,(H2,24,29). The van der Waals surface area contributed by atoms with Crippen molar-refractivity contribution in [1.82, 2.24) is 4.90 Å². The lowest BCUT2D eigenvalue weighted by Gasteiger charge is -2.33. The van der Waals surface area contributed by atoms with Crippen molar-refractivity contribution in [2.24, 2.45) is 11.7 Å². The van der Waals surface area contributed by atoms with Crippen LogP contribution in [-0.2, 0) is 23.9 Å². The number of rotatable bonds is 5. The number of fused-ring (bicyclic) bond motifs is 1. The minimum atomic E-state index is -0.658. The summed E-state index contributed by atoms with van der Waals surface area (Å²) in [6.45, 7) is 0.163. The fourth-order valence-electron chi connectivity index (χ4n) is 4.40. The third-order valence-electron chi connectivity index (χ3n) is 6.01. The number of primary amides is 1. The van der Waals surface area contributed by atoms with Gasteiger partial charge in [0.25, 0.3) is 5.91 Å². The molecule has 2 heterocycles. The Morgan fingerprint density at radius 3 is 2.65 bits per heavy atom. The van der Waals surface area contributed by atoms with Crippen LogP contribution in [0.3, 0.4) is 0 Å². The minimum Gasteiger partial charge on any atom is -0.455 e. The number of ether oxygens (including phenoxy) is 1. The Kier molecular flexibility index (Phi) is 5.88. The van der Waals surface area contributed by atoms with E-state index in [0.29, 0.717) is 13.0 Å². The maximum Gasteiger partial charge on any atom is 0.311 e. The predicted molar refractivity (Wildman–Crippen MR) is 114 cm³/mol. The number of piperidine rings is 1. The van der Waals surface area contributed by atoms with E-state index in [1.165, 1.54) is 4.90 Å². The zero-order valence-electron chi connectivity index (χ0n) is 17.2. The molecule has 0 spiro atoms. The highest BCUT2D eigenvalue weighted by Crippen LogP contribution is 2.32. The van der Waals surface area contributed by atoms with E-state index < -0.39 is 36.4 Å². The van der Waals surface area contributed by atoms with Gasteiger partial charge in [0.1, 0.15) is 6.04 Å². The number of hydrogen-bond donors (Lipinski definition) is 1. The molecule has 2 fully saturated rings. The van der Waals surface area contributed by atoms with Crippen LogP contribution in [0.25, 0.3) is 10.8 Å². The Morgan fingerprint density at radius 2 is 1.84 bits per heavy atom. The van der Waals surface area contributed by atoms with Gasteiger partial charge in [-0.1, -0.05) is 36.4 Å². The molecule has 31 heavy (non-hydrogen) atoms. The summed E-state index contributed by atoms with van der Waals surface area (Å²) in [5, 5.41) is 1.94. The van der Waals surface area contributed by atoms with E-state index in [2.05, 4.69) is 0 Å². The van der Waals surface area contributed by atoms with E-state index in [1.807, 2.05) is 42.5 Å². The van der Waals surface area contributed by atoms with Gasteiger partial charge in [-0.15, -0.1) is 0 Å². The zero-order valence-corrected chi connectivity index (χ0v) is 17.2. The second-order valence-electron chi connectivity index (χ2n) is 8.01. The van der Waals surface area contributed by atoms with Gasteiger partial charge in [-0.3, -0.25) is 19.2 Å². The van der Waals surface area contributed by atoms with Crippen molar-refractivity contribution in [3.63, 3.8) is 0 Å². The molecule has 2 aliphatic rings. The third kappa shape index (κ3) is 4.23. The first-order chi connectivity index (χ1) is 15.0. The van der Waals surface area contributed by atoms with Gasteiger partial charge in [-0.05, 0) is 30.7 Å². The van der Waals surface area contributed by atoms with Crippen LogP contribution in [0.15, 0.2) is 42.5 Å². The van der Waals surface area contributed by atoms with Crippen LogP contribution in [0.4, 0.5) is 5.69 Å². The first-order valence-corrected chi connectivity index (χ1v) is 10.5. The lowest BCUT2D eigenvalue weighted by Crippen LogP contribution is -2.51. The van der Waals surface area contributed by atoms with Crippen LogP contribution in [-0.4, -0.2) is 54.3 Å². The highest BCUT2D eigenvalue weighted by atomic mass is 16.5. The molecule has 0 bridgehead atoms. The molecule has 2 aromatic rings. The summed E-state index contributed by atoms with van der Waals surface area (Å²) in [6.07, 6.45) is 2.15. The first kappa shape index (κ1) is 20.8. The van der Waals surface area contributed by atoms with E-state index in [9.17, 15) is 19.2 Å². The van der Waals surface area contributed by atoms with E-state index in [0.717, 1.165) is 29.3 Å². The van der Waals surface area contributed by atoms with Crippen molar-refractivity contribution in [2.75, 3.05) is 24.6 Å². The normalized spacial score (nSPS) is 21.4. The minimum absolute atomic E-state index is 0.0316. The average molecular weight is 423 g/mol. The summed E-state index contributed by atoms with van der Waals surface area (Å²) < 4.78 is 5.23. The predicted octanol–water partition coefficient (Wildman–Crippen LogP) is 1.60. The van der Waals surface area contributed by atoms with Gasteiger partial charge < -0.3 is 20.3 Å². The van der Waals surface area contributed by atoms with Crippen molar-refractivity contribution in [3.8, 4) is 0 Å². The number of likely N-dealkylation sites (tertiary alicyclic amines) is 1. The van der Waals surface area contributed by atoms with Gasteiger partial charge in [-0.25, -0.2) is 0 Å². The molecule has 2 aromatic carbocycles. The number of carbonyl (C=O) groups is 4. The number of nitrogens with two attached hydrogens (primary N) is 1.